The summed E-state index contributed by atoms with van der Waals surface area (Å²) in [6, 6.07) is 11.6. The van der Waals surface area contributed by atoms with Crippen LogP contribution >= 0.6 is 11.6 Å². The molecular formula is C19H12ClF4NO. The van der Waals surface area contributed by atoms with Crippen molar-refractivity contribution in [1.82, 2.24) is 4.57 Å². The zero-order chi connectivity index (χ0) is 18.9. The lowest BCUT2D eigenvalue weighted by molar-refractivity contribution is -0.137. The van der Waals surface area contributed by atoms with Gasteiger partial charge in [0, 0.05) is 22.8 Å². The van der Waals surface area contributed by atoms with E-state index in [1.807, 2.05) is 0 Å². The van der Waals surface area contributed by atoms with Gasteiger partial charge in [0.05, 0.1) is 12.1 Å². The molecule has 0 saturated heterocycles. The second-order valence-corrected chi connectivity index (χ2v) is 6.13. The normalized spacial score (nSPS) is 11.6. The molecule has 0 atom stereocenters. The van der Waals surface area contributed by atoms with Gasteiger partial charge in [-0.15, -0.1) is 0 Å². The summed E-state index contributed by atoms with van der Waals surface area (Å²) < 4.78 is 53.2. The fraction of sp³-hybridized carbons (Fsp3) is 0.105. The summed E-state index contributed by atoms with van der Waals surface area (Å²) in [5, 5.41) is 0.247. The minimum absolute atomic E-state index is 0.0175. The van der Waals surface area contributed by atoms with Crippen molar-refractivity contribution in [2.24, 2.45) is 0 Å². The molecule has 2 aromatic carbocycles. The minimum atomic E-state index is -4.41. The van der Waals surface area contributed by atoms with Gasteiger partial charge < -0.3 is 4.57 Å². The van der Waals surface area contributed by atoms with E-state index in [4.69, 9.17) is 11.6 Å². The molecule has 7 heteroatoms. The van der Waals surface area contributed by atoms with Crippen LogP contribution in [-0.4, -0.2) is 4.57 Å². The van der Waals surface area contributed by atoms with E-state index in [9.17, 15) is 22.4 Å². The smallest absolute Gasteiger partial charge is 0.310 e. The highest BCUT2D eigenvalue weighted by molar-refractivity contribution is 6.30. The summed E-state index contributed by atoms with van der Waals surface area (Å²) in [6.07, 6.45) is -2.93. The van der Waals surface area contributed by atoms with Gasteiger partial charge in [-0.1, -0.05) is 29.8 Å². The Labute approximate surface area is 151 Å². The molecule has 1 heterocycles. The topological polar surface area (TPSA) is 22.0 Å². The molecule has 134 valence electrons. The third kappa shape index (κ3) is 3.96. The SMILES string of the molecule is O=c1ccc(-c2ccc(C(F)(F)F)cc2)cn1Cc1ccc(Cl)cc1F. The van der Waals surface area contributed by atoms with Crippen LogP contribution in [0.5, 0.6) is 0 Å². The van der Waals surface area contributed by atoms with E-state index in [0.717, 1.165) is 18.2 Å². The Kier molecular flexibility index (Phi) is 4.87. The summed E-state index contributed by atoms with van der Waals surface area (Å²) in [4.78, 5) is 12.0. The van der Waals surface area contributed by atoms with E-state index in [1.165, 1.54) is 47.2 Å². The zero-order valence-corrected chi connectivity index (χ0v) is 14.0. The lowest BCUT2D eigenvalue weighted by Gasteiger charge is -2.11. The van der Waals surface area contributed by atoms with Crippen LogP contribution in [0.2, 0.25) is 5.02 Å². The molecule has 3 rings (SSSR count). The maximum Gasteiger partial charge on any atom is 0.416 e. The van der Waals surface area contributed by atoms with Gasteiger partial charge in [0.2, 0.25) is 0 Å². The Morgan fingerprint density at radius 3 is 2.19 bits per heavy atom. The fourth-order valence-corrected chi connectivity index (χ4v) is 2.67. The first-order valence-corrected chi connectivity index (χ1v) is 7.94. The van der Waals surface area contributed by atoms with Crippen LogP contribution in [0, 0.1) is 5.82 Å². The van der Waals surface area contributed by atoms with E-state index in [-0.39, 0.29) is 22.7 Å². The Bertz CT molecular complexity index is 994. The standard InChI is InChI=1S/C19H12ClF4NO/c20-16-7-3-14(17(21)9-16)11-25-10-13(4-8-18(25)26)12-1-5-15(6-2-12)19(22,23)24/h1-10H,11H2. The van der Waals surface area contributed by atoms with Crippen LogP contribution in [0.25, 0.3) is 11.1 Å². The van der Waals surface area contributed by atoms with E-state index < -0.39 is 17.6 Å². The van der Waals surface area contributed by atoms with Crippen LogP contribution < -0.4 is 5.56 Å². The summed E-state index contributed by atoms with van der Waals surface area (Å²) in [7, 11) is 0. The third-order valence-corrected chi connectivity index (χ3v) is 4.12. The first-order chi connectivity index (χ1) is 12.2. The van der Waals surface area contributed by atoms with Crippen molar-refractivity contribution in [2.75, 3.05) is 0 Å². The number of pyridine rings is 1. The molecule has 0 saturated carbocycles. The van der Waals surface area contributed by atoms with Gasteiger partial charge >= 0.3 is 6.18 Å². The van der Waals surface area contributed by atoms with Gasteiger partial charge in [0.25, 0.3) is 5.56 Å². The molecule has 0 unspecified atom stereocenters. The Hall–Kier alpha value is -2.60. The number of rotatable bonds is 3. The van der Waals surface area contributed by atoms with Crippen molar-refractivity contribution in [3.8, 4) is 11.1 Å². The molecule has 3 aromatic rings. The van der Waals surface area contributed by atoms with E-state index >= 15 is 0 Å². The summed E-state index contributed by atoms with van der Waals surface area (Å²) in [5.41, 5.74) is 0.241. The maximum atomic E-state index is 13.9. The molecule has 0 radical (unpaired) electrons. The molecular weight excluding hydrogens is 370 g/mol. The summed E-state index contributed by atoms with van der Waals surface area (Å²) in [6.45, 7) is -0.0175. The average molecular weight is 382 g/mol. The van der Waals surface area contributed by atoms with Crippen molar-refractivity contribution in [3.05, 3.63) is 93.1 Å². The van der Waals surface area contributed by atoms with Gasteiger partial charge in [0.15, 0.2) is 0 Å². The Balaban J connectivity index is 1.94. The third-order valence-electron chi connectivity index (χ3n) is 3.88. The molecule has 1 aromatic heterocycles. The molecule has 0 fully saturated rings. The monoisotopic (exact) mass is 381 g/mol. The van der Waals surface area contributed by atoms with Gasteiger partial charge in [-0.2, -0.15) is 13.2 Å². The highest BCUT2D eigenvalue weighted by Gasteiger charge is 2.29. The van der Waals surface area contributed by atoms with Crippen LogP contribution in [-0.2, 0) is 12.7 Å². The zero-order valence-electron chi connectivity index (χ0n) is 13.2. The first-order valence-electron chi connectivity index (χ1n) is 7.56. The second kappa shape index (κ2) is 6.96. The fourth-order valence-electron chi connectivity index (χ4n) is 2.51. The summed E-state index contributed by atoms with van der Waals surface area (Å²) in [5.74, 6) is -0.538. The molecule has 0 N–H and O–H groups in total. The second-order valence-electron chi connectivity index (χ2n) is 5.69. The van der Waals surface area contributed by atoms with E-state index in [0.29, 0.717) is 11.1 Å². The van der Waals surface area contributed by atoms with Crippen molar-refractivity contribution in [3.63, 3.8) is 0 Å². The molecule has 0 aliphatic carbocycles. The molecule has 2 nitrogen and oxygen atoms in total. The van der Waals surface area contributed by atoms with Crippen molar-refractivity contribution in [2.45, 2.75) is 12.7 Å². The highest BCUT2D eigenvalue weighted by atomic mass is 35.5. The van der Waals surface area contributed by atoms with Crippen molar-refractivity contribution in [1.29, 1.82) is 0 Å². The predicted octanol–water partition coefficient (Wildman–Crippen LogP) is 5.37. The number of hydrogen-bond acceptors (Lipinski definition) is 1. The Morgan fingerprint density at radius 1 is 0.923 bits per heavy atom. The van der Waals surface area contributed by atoms with Crippen molar-refractivity contribution < 1.29 is 17.6 Å². The number of aromatic nitrogens is 1. The molecule has 0 aliphatic heterocycles. The number of hydrogen-bond donors (Lipinski definition) is 0. The van der Waals surface area contributed by atoms with Crippen LogP contribution in [0.15, 0.2) is 65.6 Å². The largest absolute Gasteiger partial charge is 0.416 e. The predicted molar refractivity (Wildman–Crippen MR) is 91.7 cm³/mol. The van der Waals surface area contributed by atoms with Gasteiger partial charge in [-0.3, -0.25) is 4.79 Å². The molecule has 0 spiro atoms. The van der Waals surface area contributed by atoms with E-state index in [1.54, 1.807) is 0 Å². The van der Waals surface area contributed by atoms with Gasteiger partial charge in [-0.05, 0) is 41.5 Å². The summed E-state index contributed by atoms with van der Waals surface area (Å²) >= 11 is 5.71. The van der Waals surface area contributed by atoms with Crippen molar-refractivity contribution >= 4 is 11.6 Å². The molecule has 26 heavy (non-hydrogen) atoms. The van der Waals surface area contributed by atoms with Crippen LogP contribution in [0.1, 0.15) is 11.1 Å². The van der Waals surface area contributed by atoms with Gasteiger partial charge in [0.1, 0.15) is 5.82 Å². The minimum Gasteiger partial charge on any atom is -0.310 e. The van der Waals surface area contributed by atoms with Crippen LogP contribution in [0.3, 0.4) is 0 Å². The van der Waals surface area contributed by atoms with Gasteiger partial charge in [-0.25, -0.2) is 4.39 Å². The molecule has 0 bridgehead atoms. The van der Waals surface area contributed by atoms with Crippen LogP contribution in [0.4, 0.5) is 17.6 Å². The first kappa shape index (κ1) is 18.2. The lowest BCUT2D eigenvalue weighted by Crippen LogP contribution is -2.19. The number of benzene rings is 2. The van der Waals surface area contributed by atoms with E-state index in [2.05, 4.69) is 0 Å². The highest BCUT2D eigenvalue weighted by Crippen LogP contribution is 2.30. The molecule has 0 aliphatic rings. The lowest BCUT2D eigenvalue weighted by atomic mass is 10.1. The number of nitrogens with zero attached hydrogens (tertiary/aromatic N) is 1. The average Bonchev–Trinajstić information content (AvgIpc) is 2.58. The number of alkyl halides is 3. The maximum absolute atomic E-state index is 13.9. The molecule has 0 amide bonds. The number of halogens is 5. The Morgan fingerprint density at radius 2 is 1.58 bits per heavy atom. The quantitative estimate of drug-likeness (QED) is 0.559.